The van der Waals surface area contributed by atoms with Gasteiger partial charge in [-0.1, -0.05) is 23.8 Å². The van der Waals surface area contributed by atoms with Crippen LogP contribution in [0.2, 0.25) is 0 Å². The number of carbonyl (C=O) groups excluding carboxylic acids is 2. The average Bonchev–Trinajstić information content (AvgIpc) is 2.69. The van der Waals surface area contributed by atoms with E-state index < -0.39 is 0 Å². The van der Waals surface area contributed by atoms with Crippen molar-refractivity contribution >= 4 is 11.8 Å². The van der Waals surface area contributed by atoms with E-state index in [9.17, 15) is 9.59 Å². The third kappa shape index (κ3) is 6.33. The summed E-state index contributed by atoms with van der Waals surface area (Å²) in [6, 6.07) is 13.0. The Morgan fingerprint density at radius 1 is 0.889 bits per heavy atom. The molecule has 2 aromatic rings. The summed E-state index contributed by atoms with van der Waals surface area (Å²) in [6.45, 7) is 2.75. The molecule has 2 amide bonds. The largest absolute Gasteiger partial charge is 0.493 e. The molecule has 0 atom stereocenters. The molecule has 2 N–H and O–H groups in total. The number of nitrogens with one attached hydrogen (secondary N) is 2. The maximum absolute atomic E-state index is 12.0. The van der Waals surface area contributed by atoms with Gasteiger partial charge in [0, 0.05) is 25.1 Å². The summed E-state index contributed by atoms with van der Waals surface area (Å²) >= 11 is 0. The van der Waals surface area contributed by atoms with Crippen LogP contribution in [0.3, 0.4) is 0 Å². The van der Waals surface area contributed by atoms with E-state index in [1.54, 1.807) is 26.4 Å². The van der Waals surface area contributed by atoms with E-state index in [0.29, 0.717) is 43.0 Å². The number of aryl methyl sites for hydroxylation is 2. The number of benzene rings is 2. The van der Waals surface area contributed by atoms with Crippen molar-refractivity contribution in [1.29, 1.82) is 0 Å². The molecule has 0 aliphatic heterocycles. The minimum Gasteiger partial charge on any atom is -0.493 e. The highest BCUT2D eigenvalue weighted by Gasteiger charge is 2.08. The summed E-state index contributed by atoms with van der Waals surface area (Å²) in [5.74, 6) is 1.10. The average molecular weight is 370 g/mol. The number of carbonyl (C=O) groups is 2. The molecule has 0 aliphatic carbocycles. The molecule has 0 aromatic heterocycles. The molecule has 27 heavy (non-hydrogen) atoms. The standard InChI is InChI=1S/C21H26N2O4/c1-15-4-8-17(9-5-15)21(25)23-13-12-22-20(24)11-7-16-6-10-18(26-2)19(14-16)27-3/h4-6,8-10,14H,7,11-13H2,1-3H3,(H,22,24)(H,23,25). The number of rotatable bonds is 9. The zero-order chi connectivity index (χ0) is 19.6. The van der Waals surface area contributed by atoms with Crippen LogP contribution in [-0.4, -0.2) is 39.1 Å². The molecule has 0 saturated heterocycles. The Kier molecular flexibility index (Phi) is 7.67. The van der Waals surface area contributed by atoms with Crippen LogP contribution in [0.1, 0.15) is 27.9 Å². The van der Waals surface area contributed by atoms with E-state index in [4.69, 9.17) is 9.47 Å². The fourth-order valence-corrected chi connectivity index (χ4v) is 2.57. The fourth-order valence-electron chi connectivity index (χ4n) is 2.57. The van der Waals surface area contributed by atoms with Gasteiger partial charge in [-0.05, 0) is 43.2 Å². The van der Waals surface area contributed by atoms with E-state index in [-0.39, 0.29) is 11.8 Å². The SMILES string of the molecule is COc1ccc(CCC(=O)NCCNC(=O)c2ccc(C)cc2)cc1OC. The van der Waals surface area contributed by atoms with Crippen LogP contribution in [0, 0.1) is 6.92 Å². The zero-order valence-electron chi connectivity index (χ0n) is 16.0. The van der Waals surface area contributed by atoms with Crippen molar-refractivity contribution in [1.82, 2.24) is 10.6 Å². The first-order valence-corrected chi connectivity index (χ1v) is 8.86. The molecule has 2 rings (SSSR count). The first-order chi connectivity index (χ1) is 13.0. The fraction of sp³-hybridized carbons (Fsp3) is 0.333. The predicted octanol–water partition coefficient (Wildman–Crippen LogP) is 2.49. The second kappa shape index (κ2) is 10.2. The highest BCUT2D eigenvalue weighted by Crippen LogP contribution is 2.27. The summed E-state index contributed by atoms with van der Waals surface area (Å²) in [4.78, 5) is 23.9. The molecule has 0 fully saturated rings. The minimum absolute atomic E-state index is 0.0608. The molecule has 0 aliphatic rings. The Hall–Kier alpha value is -3.02. The molecule has 0 radical (unpaired) electrons. The number of ether oxygens (including phenoxy) is 2. The predicted molar refractivity (Wildman–Crippen MR) is 104 cm³/mol. The van der Waals surface area contributed by atoms with E-state index in [1.807, 2.05) is 37.3 Å². The van der Waals surface area contributed by atoms with Gasteiger partial charge in [0.1, 0.15) is 0 Å². The van der Waals surface area contributed by atoms with E-state index in [1.165, 1.54) is 0 Å². The number of methoxy groups -OCH3 is 2. The Labute approximate surface area is 159 Å². The van der Waals surface area contributed by atoms with Crippen LogP contribution in [0.25, 0.3) is 0 Å². The smallest absolute Gasteiger partial charge is 0.251 e. The lowest BCUT2D eigenvalue weighted by atomic mass is 10.1. The van der Waals surface area contributed by atoms with Crippen LogP contribution in [0.4, 0.5) is 0 Å². The van der Waals surface area contributed by atoms with Crippen molar-refractivity contribution in [2.24, 2.45) is 0 Å². The van der Waals surface area contributed by atoms with Gasteiger partial charge in [0.15, 0.2) is 11.5 Å². The minimum atomic E-state index is -0.144. The normalized spacial score (nSPS) is 10.2. The number of hydrogen-bond acceptors (Lipinski definition) is 4. The first-order valence-electron chi connectivity index (χ1n) is 8.86. The Balaban J connectivity index is 1.69. The summed E-state index contributed by atoms with van der Waals surface area (Å²) < 4.78 is 10.5. The molecule has 0 unspecified atom stereocenters. The van der Waals surface area contributed by atoms with Crippen LogP contribution in [-0.2, 0) is 11.2 Å². The van der Waals surface area contributed by atoms with Crippen LogP contribution in [0.15, 0.2) is 42.5 Å². The van der Waals surface area contributed by atoms with Crippen molar-refractivity contribution in [2.45, 2.75) is 19.8 Å². The van der Waals surface area contributed by atoms with Crippen LogP contribution in [0.5, 0.6) is 11.5 Å². The number of hydrogen-bond donors (Lipinski definition) is 2. The highest BCUT2D eigenvalue weighted by atomic mass is 16.5. The molecule has 6 nitrogen and oxygen atoms in total. The van der Waals surface area contributed by atoms with Gasteiger partial charge in [0.05, 0.1) is 14.2 Å². The van der Waals surface area contributed by atoms with Crippen molar-refractivity contribution < 1.29 is 19.1 Å². The summed E-state index contributed by atoms with van der Waals surface area (Å²) in [5, 5.41) is 5.60. The number of amides is 2. The molecule has 0 heterocycles. The molecule has 0 saturated carbocycles. The second-order valence-electron chi connectivity index (χ2n) is 6.16. The molecule has 6 heteroatoms. The van der Waals surface area contributed by atoms with Crippen molar-refractivity contribution in [3.05, 3.63) is 59.2 Å². The Morgan fingerprint density at radius 2 is 1.56 bits per heavy atom. The highest BCUT2D eigenvalue weighted by molar-refractivity contribution is 5.94. The van der Waals surface area contributed by atoms with Crippen molar-refractivity contribution in [3.8, 4) is 11.5 Å². The van der Waals surface area contributed by atoms with Crippen molar-refractivity contribution in [3.63, 3.8) is 0 Å². The molecule has 0 bridgehead atoms. The summed E-state index contributed by atoms with van der Waals surface area (Å²) in [6.07, 6.45) is 0.962. The maximum Gasteiger partial charge on any atom is 0.251 e. The summed E-state index contributed by atoms with van der Waals surface area (Å²) in [5.41, 5.74) is 2.71. The molecule has 2 aromatic carbocycles. The third-order valence-corrected chi connectivity index (χ3v) is 4.14. The molecular formula is C21H26N2O4. The van der Waals surface area contributed by atoms with Gasteiger partial charge in [-0.15, -0.1) is 0 Å². The first kappa shape index (κ1) is 20.3. The lowest BCUT2D eigenvalue weighted by Crippen LogP contribution is -2.34. The van der Waals surface area contributed by atoms with Gasteiger partial charge < -0.3 is 20.1 Å². The summed E-state index contributed by atoms with van der Waals surface area (Å²) in [7, 11) is 3.17. The van der Waals surface area contributed by atoms with Crippen LogP contribution >= 0.6 is 0 Å². The monoisotopic (exact) mass is 370 g/mol. The second-order valence-corrected chi connectivity index (χ2v) is 6.16. The lowest BCUT2D eigenvalue weighted by Gasteiger charge is -2.10. The van der Waals surface area contributed by atoms with E-state index >= 15 is 0 Å². The third-order valence-electron chi connectivity index (χ3n) is 4.14. The van der Waals surface area contributed by atoms with Gasteiger partial charge in [0.25, 0.3) is 5.91 Å². The van der Waals surface area contributed by atoms with Gasteiger partial charge in [0.2, 0.25) is 5.91 Å². The Morgan fingerprint density at radius 3 is 2.22 bits per heavy atom. The van der Waals surface area contributed by atoms with Crippen molar-refractivity contribution in [2.75, 3.05) is 27.3 Å². The van der Waals surface area contributed by atoms with E-state index in [2.05, 4.69) is 10.6 Å². The van der Waals surface area contributed by atoms with Gasteiger partial charge in [-0.2, -0.15) is 0 Å². The van der Waals surface area contributed by atoms with Gasteiger partial charge >= 0.3 is 0 Å². The molecule has 0 spiro atoms. The topological polar surface area (TPSA) is 76.7 Å². The zero-order valence-corrected chi connectivity index (χ0v) is 16.0. The van der Waals surface area contributed by atoms with Crippen LogP contribution < -0.4 is 20.1 Å². The van der Waals surface area contributed by atoms with E-state index in [0.717, 1.165) is 11.1 Å². The Bertz CT molecular complexity index is 772. The lowest BCUT2D eigenvalue weighted by molar-refractivity contribution is -0.121. The molecule has 144 valence electrons. The van der Waals surface area contributed by atoms with Gasteiger partial charge in [-0.3, -0.25) is 9.59 Å². The maximum atomic E-state index is 12.0. The van der Waals surface area contributed by atoms with Gasteiger partial charge in [-0.25, -0.2) is 0 Å². The quantitative estimate of drug-likeness (QED) is 0.665. The molecular weight excluding hydrogens is 344 g/mol.